The van der Waals surface area contributed by atoms with Gasteiger partial charge in [-0.05, 0) is 33.1 Å². The van der Waals surface area contributed by atoms with Gasteiger partial charge in [-0.15, -0.1) is 0 Å². The largest absolute Gasteiger partial charge is 0.481 e. The van der Waals surface area contributed by atoms with Gasteiger partial charge in [-0.3, -0.25) is 4.79 Å². The molecule has 116 valence electrons. The molecule has 0 aromatic rings. The lowest BCUT2D eigenvalue weighted by Crippen LogP contribution is -2.52. The van der Waals surface area contributed by atoms with Crippen molar-refractivity contribution in [3.05, 3.63) is 0 Å². The van der Waals surface area contributed by atoms with Gasteiger partial charge in [0.1, 0.15) is 0 Å². The summed E-state index contributed by atoms with van der Waals surface area (Å²) in [6.45, 7) is 3.50. The molecule has 3 N–H and O–H groups in total. The highest BCUT2D eigenvalue weighted by Crippen LogP contribution is 2.22. The summed E-state index contributed by atoms with van der Waals surface area (Å²) in [6, 6.07) is -0.566. The molecule has 0 aromatic carbocycles. The molecule has 2 atom stereocenters. The number of hydrogen-bond acceptors (Lipinski definition) is 4. The first-order chi connectivity index (χ1) is 9.12. The second-order valence-corrected chi connectivity index (χ2v) is 7.87. The van der Waals surface area contributed by atoms with Gasteiger partial charge in [-0.2, -0.15) is 0 Å². The number of rotatable bonds is 6. The van der Waals surface area contributed by atoms with Crippen LogP contribution in [0, 0.1) is 0 Å². The summed E-state index contributed by atoms with van der Waals surface area (Å²) in [5, 5.41) is 13.9. The van der Waals surface area contributed by atoms with Gasteiger partial charge in [0.2, 0.25) is 0 Å². The smallest absolute Gasteiger partial charge is 0.315 e. The summed E-state index contributed by atoms with van der Waals surface area (Å²) < 4.78 is 22.9. The summed E-state index contributed by atoms with van der Waals surface area (Å²) in [7, 11) is -3.06. The van der Waals surface area contributed by atoms with Gasteiger partial charge in [0.25, 0.3) is 0 Å². The first kappa shape index (κ1) is 16.7. The van der Waals surface area contributed by atoms with Gasteiger partial charge in [0.05, 0.1) is 17.0 Å². The number of urea groups is 1. The van der Waals surface area contributed by atoms with Crippen LogP contribution in [0.5, 0.6) is 0 Å². The van der Waals surface area contributed by atoms with Crippen LogP contribution in [0.2, 0.25) is 0 Å². The number of sulfone groups is 1. The molecule has 0 radical (unpaired) electrons. The van der Waals surface area contributed by atoms with E-state index in [9.17, 15) is 18.0 Å². The summed E-state index contributed by atoms with van der Waals surface area (Å²) in [5.74, 6) is -0.802. The Hall–Kier alpha value is -1.31. The molecule has 1 rings (SSSR count). The van der Waals surface area contributed by atoms with E-state index in [1.165, 1.54) is 0 Å². The van der Waals surface area contributed by atoms with E-state index in [0.717, 1.165) is 0 Å². The molecular weight excluding hydrogens is 284 g/mol. The molecule has 1 aliphatic heterocycles. The maximum absolute atomic E-state index is 11.8. The zero-order chi connectivity index (χ0) is 15.4. The SMILES string of the molecule is CC(CCCC(=O)O)NC(=O)NC1(C)CCS(=O)(=O)C1. The van der Waals surface area contributed by atoms with Crippen molar-refractivity contribution < 1.29 is 23.1 Å². The molecule has 8 heteroatoms. The van der Waals surface area contributed by atoms with Gasteiger partial charge in [0.15, 0.2) is 9.84 Å². The van der Waals surface area contributed by atoms with Crippen LogP contribution >= 0.6 is 0 Å². The normalized spacial score (nSPS) is 25.9. The maximum Gasteiger partial charge on any atom is 0.315 e. The van der Waals surface area contributed by atoms with Gasteiger partial charge in [-0.1, -0.05) is 0 Å². The molecule has 0 bridgehead atoms. The van der Waals surface area contributed by atoms with E-state index in [0.29, 0.717) is 19.3 Å². The standard InChI is InChI=1S/C12H22N2O5S/c1-9(4-3-5-10(15)16)13-11(17)14-12(2)6-7-20(18,19)8-12/h9H,3-8H2,1-2H3,(H,15,16)(H2,13,14,17). The molecule has 7 nitrogen and oxygen atoms in total. The molecule has 20 heavy (non-hydrogen) atoms. The second-order valence-electron chi connectivity index (χ2n) is 5.69. The number of carbonyl (C=O) groups is 2. The third-order valence-electron chi connectivity index (χ3n) is 3.32. The minimum atomic E-state index is -3.06. The highest BCUT2D eigenvalue weighted by Gasteiger charge is 2.39. The Morgan fingerprint density at radius 2 is 2.05 bits per heavy atom. The van der Waals surface area contributed by atoms with Crippen LogP contribution in [0.25, 0.3) is 0 Å². The summed E-state index contributed by atoms with van der Waals surface area (Å²) in [4.78, 5) is 22.2. The zero-order valence-corrected chi connectivity index (χ0v) is 12.6. The van der Waals surface area contributed by atoms with Crippen LogP contribution in [0.3, 0.4) is 0 Å². The predicted molar refractivity (Wildman–Crippen MR) is 74.3 cm³/mol. The van der Waals surface area contributed by atoms with E-state index in [-0.39, 0.29) is 24.0 Å². The molecule has 1 heterocycles. The summed E-state index contributed by atoms with van der Waals surface area (Å²) >= 11 is 0. The summed E-state index contributed by atoms with van der Waals surface area (Å²) in [5.41, 5.74) is -0.719. The minimum absolute atomic E-state index is 0.0409. The van der Waals surface area contributed by atoms with Gasteiger partial charge in [-0.25, -0.2) is 13.2 Å². The molecule has 0 spiro atoms. The van der Waals surface area contributed by atoms with Crippen LogP contribution < -0.4 is 10.6 Å². The third-order valence-corrected chi connectivity index (χ3v) is 5.23. The van der Waals surface area contributed by atoms with E-state index in [4.69, 9.17) is 5.11 Å². The van der Waals surface area contributed by atoms with Crippen molar-refractivity contribution in [2.24, 2.45) is 0 Å². The van der Waals surface area contributed by atoms with Crippen LogP contribution in [0.4, 0.5) is 4.79 Å². The zero-order valence-electron chi connectivity index (χ0n) is 11.8. The van der Waals surface area contributed by atoms with Crippen molar-refractivity contribution in [1.82, 2.24) is 10.6 Å². The Balaban J connectivity index is 2.35. The van der Waals surface area contributed by atoms with Crippen molar-refractivity contribution in [2.75, 3.05) is 11.5 Å². The minimum Gasteiger partial charge on any atom is -0.481 e. The number of aliphatic carboxylic acids is 1. The monoisotopic (exact) mass is 306 g/mol. The molecule has 0 saturated carbocycles. The van der Waals surface area contributed by atoms with Crippen molar-refractivity contribution in [2.45, 2.75) is 51.1 Å². The Morgan fingerprint density at radius 1 is 1.40 bits per heavy atom. The molecule has 0 aromatic heterocycles. The predicted octanol–water partition coefficient (Wildman–Crippen LogP) is 0.506. The number of hydrogen-bond donors (Lipinski definition) is 3. The van der Waals surface area contributed by atoms with Crippen LogP contribution in [0.15, 0.2) is 0 Å². The molecule has 0 aliphatic carbocycles. The van der Waals surface area contributed by atoms with Crippen molar-refractivity contribution in [1.29, 1.82) is 0 Å². The van der Waals surface area contributed by atoms with Crippen molar-refractivity contribution >= 4 is 21.8 Å². The average Bonchev–Trinajstić information content (AvgIpc) is 2.51. The number of amides is 2. The maximum atomic E-state index is 11.8. The highest BCUT2D eigenvalue weighted by atomic mass is 32.2. The van der Waals surface area contributed by atoms with E-state index in [1.807, 2.05) is 0 Å². The first-order valence-electron chi connectivity index (χ1n) is 6.63. The number of carbonyl (C=O) groups excluding carboxylic acids is 1. The Bertz CT molecular complexity index is 476. The number of nitrogens with one attached hydrogen (secondary N) is 2. The van der Waals surface area contributed by atoms with E-state index in [1.54, 1.807) is 13.8 Å². The molecule has 1 saturated heterocycles. The van der Waals surface area contributed by atoms with Crippen molar-refractivity contribution in [3.8, 4) is 0 Å². The van der Waals surface area contributed by atoms with Gasteiger partial charge in [0, 0.05) is 12.5 Å². The van der Waals surface area contributed by atoms with E-state index >= 15 is 0 Å². The van der Waals surface area contributed by atoms with E-state index in [2.05, 4.69) is 10.6 Å². The van der Waals surface area contributed by atoms with Crippen LogP contribution in [-0.2, 0) is 14.6 Å². The topological polar surface area (TPSA) is 113 Å². The Kier molecular flexibility index (Phi) is 5.38. The quantitative estimate of drug-likeness (QED) is 0.661. The summed E-state index contributed by atoms with van der Waals surface area (Å²) in [6.07, 6.45) is 1.54. The molecule has 2 unspecified atom stereocenters. The third kappa shape index (κ3) is 5.77. The van der Waals surface area contributed by atoms with Gasteiger partial charge < -0.3 is 15.7 Å². The fourth-order valence-corrected chi connectivity index (χ4v) is 4.37. The average molecular weight is 306 g/mol. The highest BCUT2D eigenvalue weighted by molar-refractivity contribution is 7.91. The van der Waals surface area contributed by atoms with Gasteiger partial charge >= 0.3 is 12.0 Å². The van der Waals surface area contributed by atoms with Crippen molar-refractivity contribution in [3.63, 3.8) is 0 Å². The second kappa shape index (κ2) is 6.43. The lowest BCUT2D eigenvalue weighted by molar-refractivity contribution is -0.137. The number of carboxylic acid groups (broad SMARTS) is 1. The Morgan fingerprint density at radius 3 is 2.55 bits per heavy atom. The fourth-order valence-electron chi connectivity index (χ4n) is 2.27. The fraction of sp³-hybridized carbons (Fsp3) is 0.833. The molecular formula is C12H22N2O5S. The van der Waals surface area contributed by atoms with Crippen LogP contribution in [0.1, 0.15) is 39.5 Å². The first-order valence-corrected chi connectivity index (χ1v) is 8.45. The lowest BCUT2D eigenvalue weighted by Gasteiger charge is -2.25. The molecule has 1 fully saturated rings. The van der Waals surface area contributed by atoms with E-state index < -0.39 is 27.4 Å². The molecule has 1 aliphatic rings. The lowest BCUT2D eigenvalue weighted by atomic mass is 10.0. The Labute approximate surface area is 119 Å². The molecule has 2 amide bonds. The number of carboxylic acids is 1. The van der Waals surface area contributed by atoms with Crippen LogP contribution in [-0.4, -0.2) is 48.6 Å².